The molecule has 2 rings (SSSR count). The maximum absolute atomic E-state index is 12.1. The molecule has 0 radical (unpaired) electrons. The van der Waals surface area contributed by atoms with Crippen LogP contribution < -0.4 is 4.83 Å². The Morgan fingerprint density at radius 2 is 1.82 bits per heavy atom. The third-order valence-corrected chi connectivity index (χ3v) is 4.54. The van der Waals surface area contributed by atoms with Gasteiger partial charge in [0.1, 0.15) is 5.75 Å². The van der Waals surface area contributed by atoms with E-state index in [2.05, 4.69) is 9.93 Å². The van der Waals surface area contributed by atoms with Crippen LogP contribution in [0.25, 0.3) is 0 Å². The van der Waals surface area contributed by atoms with Gasteiger partial charge in [-0.15, -0.1) is 0 Å². The SMILES string of the molecule is C/C(=N\NS(=O)(=O)c1ccccc1)c1cc(Cl)cc(Cl)c1O. The smallest absolute Gasteiger partial charge is 0.276 e. The molecule has 2 aromatic carbocycles. The summed E-state index contributed by atoms with van der Waals surface area (Å²) < 4.78 is 24.1. The second kappa shape index (κ2) is 6.56. The number of halogens is 2. The van der Waals surface area contributed by atoms with Crippen molar-refractivity contribution in [1.82, 2.24) is 4.83 Å². The zero-order valence-electron chi connectivity index (χ0n) is 11.4. The van der Waals surface area contributed by atoms with E-state index in [0.29, 0.717) is 5.02 Å². The number of benzene rings is 2. The summed E-state index contributed by atoms with van der Waals surface area (Å²) in [6.07, 6.45) is 0. The number of aromatic hydroxyl groups is 1. The van der Waals surface area contributed by atoms with Gasteiger partial charge in [0.2, 0.25) is 0 Å². The molecule has 0 aromatic heterocycles. The van der Waals surface area contributed by atoms with Gasteiger partial charge in [-0.05, 0) is 31.2 Å². The third-order valence-electron chi connectivity index (χ3n) is 2.81. The molecule has 0 fully saturated rings. The summed E-state index contributed by atoms with van der Waals surface area (Å²) in [5.74, 6) is -0.216. The fourth-order valence-corrected chi connectivity index (χ4v) is 3.05. The van der Waals surface area contributed by atoms with E-state index >= 15 is 0 Å². The molecule has 0 heterocycles. The molecule has 2 N–H and O–H groups in total. The highest BCUT2D eigenvalue weighted by Gasteiger charge is 2.14. The fourth-order valence-electron chi connectivity index (χ4n) is 1.68. The van der Waals surface area contributed by atoms with Crippen molar-refractivity contribution in [3.05, 3.63) is 58.1 Å². The molecule has 116 valence electrons. The molecule has 0 aliphatic rings. The number of hydrazone groups is 1. The number of hydrogen-bond donors (Lipinski definition) is 2. The Bertz CT molecular complexity index is 821. The van der Waals surface area contributed by atoms with E-state index in [9.17, 15) is 13.5 Å². The summed E-state index contributed by atoms with van der Waals surface area (Å²) in [5, 5.41) is 14.0. The van der Waals surface area contributed by atoms with Crippen molar-refractivity contribution in [3.8, 4) is 5.75 Å². The summed E-state index contributed by atoms with van der Waals surface area (Å²) in [6.45, 7) is 1.52. The lowest BCUT2D eigenvalue weighted by Crippen LogP contribution is -2.19. The monoisotopic (exact) mass is 358 g/mol. The van der Waals surface area contributed by atoms with Crippen LogP contribution in [0, 0.1) is 0 Å². The van der Waals surface area contributed by atoms with Crippen molar-refractivity contribution < 1.29 is 13.5 Å². The number of nitrogens with one attached hydrogen (secondary N) is 1. The topological polar surface area (TPSA) is 78.8 Å². The average molecular weight is 359 g/mol. The molecule has 0 saturated heterocycles. The first-order valence-corrected chi connectivity index (χ1v) is 8.34. The van der Waals surface area contributed by atoms with Crippen LogP contribution in [-0.4, -0.2) is 19.2 Å². The van der Waals surface area contributed by atoms with Gasteiger partial charge in [0.15, 0.2) is 0 Å². The number of phenolic OH excluding ortho intramolecular Hbond substituents is 1. The Kier molecular flexibility index (Phi) is 4.95. The standard InChI is InChI=1S/C14H12Cl2N2O3S/c1-9(12-7-10(15)8-13(16)14(12)19)17-18-22(20,21)11-5-3-2-4-6-11/h2-8,18-19H,1H3/b17-9+. The first-order valence-electron chi connectivity index (χ1n) is 6.11. The maximum atomic E-state index is 12.1. The highest BCUT2D eigenvalue weighted by Crippen LogP contribution is 2.31. The zero-order valence-corrected chi connectivity index (χ0v) is 13.7. The van der Waals surface area contributed by atoms with E-state index < -0.39 is 10.0 Å². The van der Waals surface area contributed by atoms with E-state index in [1.807, 2.05) is 0 Å². The number of nitrogens with zero attached hydrogens (tertiary/aromatic N) is 1. The maximum Gasteiger partial charge on any atom is 0.276 e. The minimum absolute atomic E-state index is 0.0583. The lowest BCUT2D eigenvalue weighted by Gasteiger charge is -2.08. The number of hydrogen-bond acceptors (Lipinski definition) is 4. The molecule has 0 aliphatic carbocycles. The van der Waals surface area contributed by atoms with Crippen LogP contribution in [0.4, 0.5) is 0 Å². The van der Waals surface area contributed by atoms with Gasteiger partial charge in [-0.25, -0.2) is 0 Å². The van der Waals surface area contributed by atoms with Crippen LogP contribution >= 0.6 is 23.2 Å². The summed E-state index contributed by atoms with van der Waals surface area (Å²) in [6, 6.07) is 10.6. The average Bonchev–Trinajstić information content (AvgIpc) is 2.49. The van der Waals surface area contributed by atoms with Crippen molar-refractivity contribution in [1.29, 1.82) is 0 Å². The minimum Gasteiger partial charge on any atom is -0.506 e. The predicted octanol–water partition coefficient (Wildman–Crippen LogP) is 3.40. The predicted molar refractivity (Wildman–Crippen MR) is 87.1 cm³/mol. The number of sulfonamides is 1. The van der Waals surface area contributed by atoms with Crippen LogP contribution in [-0.2, 0) is 10.0 Å². The van der Waals surface area contributed by atoms with Gasteiger partial charge in [0.05, 0.1) is 15.6 Å². The normalized spacial score (nSPS) is 12.2. The molecular formula is C14H12Cl2N2O3S. The zero-order chi connectivity index (χ0) is 16.3. The van der Waals surface area contributed by atoms with Crippen LogP contribution in [0.3, 0.4) is 0 Å². The Balaban J connectivity index is 2.31. The van der Waals surface area contributed by atoms with Crippen molar-refractivity contribution in [2.75, 3.05) is 0 Å². The Morgan fingerprint density at radius 1 is 1.18 bits per heavy atom. The van der Waals surface area contributed by atoms with E-state index in [1.54, 1.807) is 18.2 Å². The van der Waals surface area contributed by atoms with E-state index in [1.165, 1.54) is 31.2 Å². The van der Waals surface area contributed by atoms with Crippen molar-refractivity contribution in [2.24, 2.45) is 5.10 Å². The van der Waals surface area contributed by atoms with Crippen molar-refractivity contribution >= 4 is 38.9 Å². The highest BCUT2D eigenvalue weighted by atomic mass is 35.5. The second-order valence-electron chi connectivity index (χ2n) is 4.39. The van der Waals surface area contributed by atoms with Gasteiger partial charge in [0, 0.05) is 10.6 Å². The molecule has 5 nitrogen and oxygen atoms in total. The molecule has 0 bridgehead atoms. The Morgan fingerprint density at radius 3 is 2.45 bits per heavy atom. The van der Waals surface area contributed by atoms with Crippen LogP contribution in [0.2, 0.25) is 10.0 Å². The quantitative estimate of drug-likeness (QED) is 0.649. The summed E-state index contributed by atoms with van der Waals surface area (Å²) in [5.41, 5.74) is 0.467. The van der Waals surface area contributed by atoms with Crippen LogP contribution in [0.15, 0.2) is 52.5 Å². The Hall–Kier alpha value is -1.76. The Labute approximate surface area is 138 Å². The van der Waals surface area contributed by atoms with Gasteiger partial charge in [-0.3, -0.25) is 0 Å². The summed E-state index contributed by atoms with van der Waals surface area (Å²) >= 11 is 11.7. The third kappa shape index (κ3) is 3.71. The second-order valence-corrected chi connectivity index (χ2v) is 6.89. The van der Waals surface area contributed by atoms with E-state index in [4.69, 9.17) is 23.2 Å². The molecule has 0 aliphatic heterocycles. The molecule has 8 heteroatoms. The van der Waals surface area contributed by atoms with Gasteiger partial charge in [-0.2, -0.15) is 18.4 Å². The summed E-state index contributed by atoms with van der Waals surface area (Å²) in [4.78, 5) is 2.19. The van der Waals surface area contributed by atoms with Gasteiger partial charge in [0.25, 0.3) is 10.0 Å². The lowest BCUT2D eigenvalue weighted by atomic mass is 10.1. The largest absolute Gasteiger partial charge is 0.506 e. The van der Waals surface area contributed by atoms with Crippen LogP contribution in [0.5, 0.6) is 5.75 Å². The minimum atomic E-state index is -3.78. The molecule has 2 aromatic rings. The first kappa shape index (κ1) is 16.6. The van der Waals surface area contributed by atoms with Gasteiger partial charge >= 0.3 is 0 Å². The van der Waals surface area contributed by atoms with Gasteiger partial charge in [-0.1, -0.05) is 41.4 Å². The molecular weight excluding hydrogens is 347 g/mol. The molecule has 22 heavy (non-hydrogen) atoms. The first-order chi connectivity index (χ1) is 10.3. The molecule has 0 unspecified atom stereocenters. The molecule has 0 amide bonds. The lowest BCUT2D eigenvalue weighted by molar-refractivity contribution is 0.474. The van der Waals surface area contributed by atoms with Crippen molar-refractivity contribution in [3.63, 3.8) is 0 Å². The number of rotatable bonds is 4. The molecule has 0 atom stereocenters. The van der Waals surface area contributed by atoms with E-state index in [0.717, 1.165) is 0 Å². The molecule has 0 spiro atoms. The van der Waals surface area contributed by atoms with E-state index in [-0.39, 0.29) is 26.9 Å². The highest BCUT2D eigenvalue weighted by molar-refractivity contribution is 7.89. The van der Waals surface area contributed by atoms with Crippen LogP contribution in [0.1, 0.15) is 12.5 Å². The van der Waals surface area contributed by atoms with Crippen molar-refractivity contribution in [2.45, 2.75) is 11.8 Å². The summed E-state index contributed by atoms with van der Waals surface area (Å²) in [7, 11) is -3.78. The number of phenols is 1. The fraction of sp³-hybridized carbons (Fsp3) is 0.0714. The van der Waals surface area contributed by atoms with Gasteiger partial charge < -0.3 is 5.11 Å². The molecule has 0 saturated carbocycles.